The molecule has 1 unspecified atom stereocenters. The van der Waals surface area contributed by atoms with Gasteiger partial charge < -0.3 is 52.1 Å². The highest BCUT2D eigenvalue weighted by molar-refractivity contribution is 5.69. The molecule has 5 fully saturated rings. The van der Waals surface area contributed by atoms with Crippen LogP contribution in [-0.4, -0.2) is 163 Å². The van der Waals surface area contributed by atoms with Gasteiger partial charge in [-0.1, -0.05) is 0 Å². The molecule has 0 saturated carbocycles. The summed E-state index contributed by atoms with van der Waals surface area (Å²) in [5.74, 6) is -3.38. The van der Waals surface area contributed by atoms with Crippen LogP contribution in [0.1, 0.15) is 161 Å². The number of piperidine rings is 3. The summed E-state index contributed by atoms with van der Waals surface area (Å²) in [4.78, 5) is 62.2. The fourth-order valence-electron chi connectivity index (χ4n) is 11.0. The van der Waals surface area contributed by atoms with E-state index in [9.17, 15) is 19.2 Å². The largest absolute Gasteiger partial charge is 0.514 e. The molecular formula is C49H85N3O15. The Labute approximate surface area is 399 Å². The first-order valence-electron chi connectivity index (χ1n) is 24.2. The number of hydrogen-bond acceptors (Lipinski definition) is 18. The van der Waals surface area contributed by atoms with Gasteiger partial charge >= 0.3 is 30.4 Å². The molecule has 5 saturated heterocycles. The monoisotopic (exact) mass is 956 g/mol. The Morgan fingerprint density at radius 2 is 0.910 bits per heavy atom. The van der Waals surface area contributed by atoms with Crippen molar-refractivity contribution in [1.82, 2.24) is 14.7 Å². The minimum atomic E-state index is -2.77. The molecule has 18 heteroatoms. The van der Waals surface area contributed by atoms with Crippen LogP contribution in [0.5, 0.6) is 0 Å². The summed E-state index contributed by atoms with van der Waals surface area (Å²) in [6.45, 7) is 30.0. The van der Waals surface area contributed by atoms with Crippen molar-refractivity contribution in [3.05, 3.63) is 0 Å². The van der Waals surface area contributed by atoms with E-state index in [4.69, 9.17) is 52.1 Å². The lowest BCUT2D eigenvalue weighted by molar-refractivity contribution is -0.342. The highest BCUT2D eigenvalue weighted by atomic mass is 17.0. The van der Waals surface area contributed by atoms with Crippen LogP contribution in [0, 0.1) is 5.41 Å². The quantitative estimate of drug-likeness (QED) is 0.0976. The zero-order valence-corrected chi connectivity index (χ0v) is 43.9. The first kappa shape index (κ1) is 54.9. The predicted octanol–water partition coefficient (Wildman–Crippen LogP) is 8.30. The highest BCUT2D eigenvalue weighted by Gasteiger charge is 2.54. The molecule has 0 bridgehead atoms. The van der Waals surface area contributed by atoms with Crippen molar-refractivity contribution in [3.8, 4) is 0 Å². The summed E-state index contributed by atoms with van der Waals surface area (Å²) in [6, 6.07) is 0. The van der Waals surface area contributed by atoms with Crippen molar-refractivity contribution in [3.63, 3.8) is 0 Å². The van der Waals surface area contributed by atoms with Crippen molar-refractivity contribution >= 4 is 24.4 Å². The van der Waals surface area contributed by atoms with Crippen molar-refractivity contribution in [2.45, 2.75) is 231 Å². The number of hydrogen-bond donors (Lipinski definition) is 0. The molecule has 0 aromatic carbocycles. The SMILES string of the molecule is CN1C(C)(C)CC(OC(=O)OC(CCCC(=O)OCCC2OCC3(COCOC3)C(C)(C)O2)(OC(=O)OC2CC(C)(C)N(C)C(C)(C)C2)OC(=O)OC2CC(C)(C)N(C)C(C)(C)C2)CC1(C)C. The molecule has 0 N–H and O–H groups in total. The normalized spacial score (nSPS) is 27.3. The average Bonchev–Trinajstić information content (AvgIpc) is 3.16. The molecule has 1 spiro atoms. The minimum Gasteiger partial charge on any atom is -0.465 e. The van der Waals surface area contributed by atoms with Gasteiger partial charge in [-0.15, -0.1) is 0 Å². The Hall–Kier alpha value is -3.00. The lowest BCUT2D eigenvalue weighted by Crippen LogP contribution is -2.61. The summed E-state index contributed by atoms with van der Waals surface area (Å²) in [5.41, 5.74) is -3.25. The van der Waals surface area contributed by atoms with Crippen LogP contribution in [0.3, 0.4) is 0 Å². The lowest BCUT2D eigenvalue weighted by atomic mass is 9.74. The van der Waals surface area contributed by atoms with Gasteiger partial charge in [-0.3, -0.25) is 19.5 Å². The molecule has 5 aliphatic heterocycles. The second-order valence-corrected chi connectivity index (χ2v) is 24.1. The summed E-state index contributed by atoms with van der Waals surface area (Å²) in [7, 11) is 6.08. The molecule has 5 rings (SSSR count). The van der Waals surface area contributed by atoms with E-state index in [-0.39, 0.29) is 65.9 Å². The zero-order chi connectivity index (χ0) is 50.2. The molecule has 0 aromatic heterocycles. The molecule has 5 heterocycles. The molecule has 0 aliphatic carbocycles. The number of nitrogens with zero attached hydrogens (tertiary/aromatic N) is 3. The van der Waals surface area contributed by atoms with Gasteiger partial charge in [0.15, 0.2) is 6.29 Å². The molecule has 0 aromatic rings. The Morgan fingerprint density at radius 3 is 1.25 bits per heavy atom. The number of carbonyl (C=O) groups excluding carboxylic acids is 4. The summed E-state index contributed by atoms with van der Waals surface area (Å²) >= 11 is 0. The predicted molar refractivity (Wildman–Crippen MR) is 246 cm³/mol. The van der Waals surface area contributed by atoms with E-state index in [1.54, 1.807) is 0 Å². The van der Waals surface area contributed by atoms with Gasteiger partial charge in [-0.25, -0.2) is 14.4 Å². The van der Waals surface area contributed by atoms with Gasteiger partial charge in [0.25, 0.3) is 0 Å². The lowest BCUT2D eigenvalue weighted by Gasteiger charge is -2.53. The second kappa shape index (κ2) is 20.0. The van der Waals surface area contributed by atoms with Crippen molar-refractivity contribution < 1.29 is 71.3 Å². The van der Waals surface area contributed by atoms with Crippen LogP contribution >= 0.6 is 0 Å². The maximum atomic E-state index is 14.1. The third-order valence-electron chi connectivity index (χ3n) is 16.0. The number of likely N-dealkylation sites (tertiary alicyclic amines) is 3. The Kier molecular flexibility index (Phi) is 16.4. The van der Waals surface area contributed by atoms with E-state index in [1.807, 2.05) is 35.0 Å². The number of carbonyl (C=O) groups is 4. The Balaban J connectivity index is 1.35. The molecule has 5 aliphatic rings. The molecular weight excluding hydrogens is 871 g/mol. The van der Waals surface area contributed by atoms with Crippen LogP contribution in [0.15, 0.2) is 0 Å². The molecule has 67 heavy (non-hydrogen) atoms. The maximum absolute atomic E-state index is 14.1. The van der Waals surface area contributed by atoms with E-state index >= 15 is 0 Å². The number of ether oxygens (including phenoxy) is 11. The fourth-order valence-corrected chi connectivity index (χ4v) is 11.0. The van der Waals surface area contributed by atoms with Gasteiger partial charge in [0, 0.05) is 84.6 Å². The van der Waals surface area contributed by atoms with Crippen LogP contribution in [0.2, 0.25) is 0 Å². The van der Waals surface area contributed by atoms with E-state index in [0.29, 0.717) is 58.3 Å². The van der Waals surface area contributed by atoms with Gasteiger partial charge in [0.1, 0.15) is 25.1 Å². The Bertz CT molecular complexity index is 1560. The topological polar surface area (TPSA) is 180 Å². The van der Waals surface area contributed by atoms with Gasteiger partial charge in [0.05, 0.1) is 43.9 Å². The smallest absolute Gasteiger partial charge is 0.465 e. The van der Waals surface area contributed by atoms with E-state index < -0.39 is 72.4 Å². The molecule has 18 nitrogen and oxygen atoms in total. The van der Waals surface area contributed by atoms with Gasteiger partial charge in [-0.2, -0.15) is 0 Å². The van der Waals surface area contributed by atoms with Crippen molar-refractivity contribution in [2.24, 2.45) is 5.41 Å². The van der Waals surface area contributed by atoms with Gasteiger partial charge in [-0.05, 0) is 124 Å². The zero-order valence-electron chi connectivity index (χ0n) is 43.9. The standard InChI is InChI=1S/C49H85N3O15/c1-41(2)23-33(24-42(3,4)50(41)15)61-38(54)65-49(66-39(55)62-34-25-43(5,6)51(16)44(7,8)26-34,67-40(56)63-35-27-45(9,10)52(17)46(11,12)28-35)21-18-19-36(53)59-22-20-37-60-31-48(47(13,14)64-37)29-57-32-58-30-48/h33-35,37H,18-32H2,1-17H3. The van der Waals surface area contributed by atoms with E-state index in [1.165, 1.54) is 0 Å². The van der Waals surface area contributed by atoms with Gasteiger partial charge in [0.2, 0.25) is 0 Å². The molecule has 0 radical (unpaired) electrons. The number of esters is 1. The Morgan fingerprint density at radius 1 is 0.552 bits per heavy atom. The first-order valence-corrected chi connectivity index (χ1v) is 24.2. The second-order valence-electron chi connectivity index (χ2n) is 24.1. The molecule has 1 atom stereocenters. The van der Waals surface area contributed by atoms with Crippen LogP contribution in [0.25, 0.3) is 0 Å². The maximum Gasteiger partial charge on any atom is 0.514 e. The first-order chi connectivity index (χ1) is 30.6. The van der Waals surface area contributed by atoms with Crippen LogP contribution in [0.4, 0.5) is 14.4 Å². The van der Waals surface area contributed by atoms with Crippen molar-refractivity contribution in [1.29, 1.82) is 0 Å². The molecule has 0 amide bonds. The fraction of sp³-hybridized carbons (Fsp3) is 0.918. The average molecular weight is 956 g/mol. The third kappa shape index (κ3) is 13.3. The highest BCUT2D eigenvalue weighted by Crippen LogP contribution is 2.44. The molecule has 386 valence electrons. The summed E-state index contributed by atoms with van der Waals surface area (Å²) in [5, 5.41) is 0. The number of rotatable bonds is 13. The van der Waals surface area contributed by atoms with Crippen molar-refractivity contribution in [2.75, 3.05) is 54.4 Å². The summed E-state index contributed by atoms with van der Waals surface area (Å²) < 4.78 is 64.6. The third-order valence-corrected chi connectivity index (χ3v) is 16.0. The minimum absolute atomic E-state index is 0.0188. The van der Waals surface area contributed by atoms with E-state index in [2.05, 4.69) is 97.8 Å². The van der Waals surface area contributed by atoms with Crippen LogP contribution in [-0.2, 0) is 56.9 Å². The van der Waals surface area contributed by atoms with Crippen LogP contribution < -0.4 is 0 Å². The summed E-state index contributed by atoms with van der Waals surface area (Å²) in [6.07, 6.45) is -3.97. The van der Waals surface area contributed by atoms with E-state index in [0.717, 1.165) is 0 Å².